The van der Waals surface area contributed by atoms with Gasteiger partial charge in [-0.1, -0.05) is 38.8 Å². The molecule has 0 radical (unpaired) electrons. The molecule has 1 amide bonds. The predicted molar refractivity (Wildman–Crippen MR) is 167 cm³/mol. The minimum Gasteiger partial charge on any atom is -0.353 e. The zero-order chi connectivity index (χ0) is 28.5. The molecule has 2 fully saturated rings. The number of amides is 1. The lowest BCUT2D eigenvalue weighted by Gasteiger charge is -2.32. The summed E-state index contributed by atoms with van der Waals surface area (Å²) in [6, 6.07) is 6.25. The summed E-state index contributed by atoms with van der Waals surface area (Å²) in [6.45, 7) is 10.4. The predicted octanol–water partition coefficient (Wildman–Crippen LogP) is 6.02. The van der Waals surface area contributed by atoms with E-state index < -0.39 is 5.92 Å². The van der Waals surface area contributed by atoms with Gasteiger partial charge < -0.3 is 10.1 Å². The first-order chi connectivity index (χ1) is 19.3. The number of aromatic nitrogens is 1. The summed E-state index contributed by atoms with van der Waals surface area (Å²) in [7, 11) is 0. The maximum Gasteiger partial charge on any atom is 0.224 e. The van der Waals surface area contributed by atoms with E-state index in [0.29, 0.717) is 37.3 Å². The zero-order valence-electron chi connectivity index (χ0n) is 24.2. The Bertz CT molecular complexity index is 1180. The van der Waals surface area contributed by atoms with Gasteiger partial charge >= 0.3 is 0 Å². The summed E-state index contributed by atoms with van der Waals surface area (Å²) in [5.74, 6) is 2.14. The second-order valence-electron chi connectivity index (χ2n) is 11.5. The minimum atomic E-state index is -0.461. The summed E-state index contributed by atoms with van der Waals surface area (Å²) in [4.78, 5) is 46.0. The van der Waals surface area contributed by atoms with Gasteiger partial charge in [-0.15, -0.1) is 11.3 Å². The lowest BCUT2D eigenvalue weighted by molar-refractivity contribution is -0.130. The highest BCUT2D eigenvalue weighted by atomic mass is 32.2. The number of ketones is 2. The first-order valence-electron chi connectivity index (χ1n) is 15.0. The summed E-state index contributed by atoms with van der Waals surface area (Å²) in [6.07, 6.45) is 8.33. The molecular formula is C32H45N3O3S2. The Morgan fingerprint density at radius 2 is 1.90 bits per heavy atom. The van der Waals surface area contributed by atoms with Gasteiger partial charge in [0.2, 0.25) is 5.91 Å². The molecule has 1 saturated heterocycles. The molecule has 0 bridgehead atoms. The molecule has 1 aliphatic carbocycles. The highest BCUT2D eigenvalue weighted by Crippen LogP contribution is 2.30. The maximum absolute atomic E-state index is 13.7. The molecule has 0 spiro atoms. The van der Waals surface area contributed by atoms with Crippen molar-refractivity contribution in [2.75, 3.05) is 31.1 Å². The molecule has 2 aliphatic rings. The van der Waals surface area contributed by atoms with Crippen LogP contribution in [-0.2, 0) is 27.2 Å². The largest absolute Gasteiger partial charge is 0.353 e. The Labute approximate surface area is 247 Å². The lowest BCUT2D eigenvalue weighted by Crippen LogP contribution is -2.45. The average Bonchev–Trinajstić information content (AvgIpc) is 3.36. The normalized spacial score (nSPS) is 18.4. The van der Waals surface area contributed by atoms with E-state index in [1.54, 1.807) is 18.3 Å². The van der Waals surface area contributed by atoms with Crippen LogP contribution in [0.5, 0.6) is 0 Å². The summed E-state index contributed by atoms with van der Waals surface area (Å²) in [5.41, 5.74) is 2.89. The van der Waals surface area contributed by atoms with Crippen LogP contribution >= 0.6 is 23.1 Å². The number of hydrogen-bond acceptors (Lipinski definition) is 7. The van der Waals surface area contributed by atoms with Crippen molar-refractivity contribution < 1.29 is 14.4 Å². The second-order valence-corrected chi connectivity index (χ2v) is 13.9. The Morgan fingerprint density at radius 3 is 2.60 bits per heavy atom. The van der Waals surface area contributed by atoms with Crippen LogP contribution in [0.1, 0.15) is 75.8 Å². The van der Waals surface area contributed by atoms with Gasteiger partial charge in [-0.25, -0.2) is 4.98 Å². The molecular weight excluding hydrogens is 539 g/mol. The van der Waals surface area contributed by atoms with Crippen LogP contribution in [0.4, 0.5) is 0 Å². The lowest BCUT2D eigenvalue weighted by atomic mass is 9.81. The fourth-order valence-electron chi connectivity index (χ4n) is 5.98. The van der Waals surface area contributed by atoms with Crippen LogP contribution in [0, 0.1) is 11.8 Å². The van der Waals surface area contributed by atoms with Crippen molar-refractivity contribution in [1.29, 1.82) is 0 Å². The van der Waals surface area contributed by atoms with E-state index in [4.69, 9.17) is 4.98 Å². The van der Waals surface area contributed by atoms with Crippen LogP contribution in [0.2, 0.25) is 0 Å². The van der Waals surface area contributed by atoms with E-state index in [1.807, 2.05) is 17.8 Å². The Hall–Kier alpha value is -2.03. The number of carbonyl (C=O) groups excluding carboxylic acids is 3. The van der Waals surface area contributed by atoms with Crippen LogP contribution in [0.15, 0.2) is 30.4 Å². The Balaban J connectivity index is 1.41. The van der Waals surface area contributed by atoms with Gasteiger partial charge in [0.1, 0.15) is 5.78 Å². The average molecular weight is 584 g/mol. The Kier molecular flexibility index (Phi) is 11.8. The number of nitrogens with one attached hydrogen (secondary N) is 1. The van der Waals surface area contributed by atoms with Crippen molar-refractivity contribution in [1.82, 2.24) is 15.2 Å². The van der Waals surface area contributed by atoms with Crippen molar-refractivity contribution in [3.63, 3.8) is 0 Å². The number of aryl methyl sites for hydroxylation is 1. The molecule has 2 heterocycles. The standard InChI is InChI=1S/C32H45N3O3S2/c1-4-24-10-11-28-30(19-24)40-31(33-28)20-26(18-23(3)36)32(38)34-27(25-8-6-5-7-9-25)12-13-29(37)22(2)21-35-14-16-39-17-15-35/h10-11,19,25-27H,2,4-9,12-18,20-21H2,1,3H3,(H,34,38)/t26-,27+/m0/s1. The third-order valence-electron chi connectivity index (χ3n) is 8.37. The number of benzene rings is 1. The third-order valence-corrected chi connectivity index (χ3v) is 10.4. The summed E-state index contributed by atoms with van der Waals surface area (Å²) < 4.78 is 1.12. The van der Waals surface area contributed by atoms with Gasteiger partial charge in [0.15, 0.2) is 5.78 Å². The first-order valence-corrected chi connectivity index (χ1v) is 17.0. The van der Waals surface area contributed by atoms with Gasteiger partial charge in [-0.2, -0.15) is 11.8 Å². The maximum atomic E-state index is 13.7. The molecule has 4 rings (SSSR count). The van der Waals surface area contributed by atoms with E-state index in [1.165, 1.54) is 12.0 Å². The van der Waals surface area contributed by atoms with Gasteiger partial charge in [0.25, 0.3) is 0 Å². The van der Waals surface area contributed by atoms with Crippen LogP contribution < -0.4 is 5.32 Å². The highest BCUT2D eigenvalue weighted by molar-refractivity contribution is 7.99. The minimum absolute atomic E-state index is 0.00587. The van der Waals surface area contributed by atoms with E-state index in [2.05, 4.69) is 35.9 Å². The number of thiazole rings is 1. The van der Waals surface area contributed by atoms with Gasteiger partial charge in [-0.3, -0.25) is 14.5 Å². The summed E-state index contributed by atoms with van der Waals surface area (Å²) in [5, 5.41) is 4.22. The quantitative estimate of drug-likeness (QED) is 0.274. The molecule has 6 nitrogen and oxygen atoms in total. The van der Waals surface area contributed by atoms with Crippen molar-refractivity contribution in [3.05, 3.63) is 40.9 Å². The number of thioether (sulfide) groups is 1. The molecule has 8 heteroatoms. The topological polar surface area (TPSA) is 79.4 Å². The van der Waals surface area contributed by atoms with E-state index in [0.717, 1.165) is 71.9 Å². The van der Waals surface area contributed by atoms with E-state index in [-0.39, 0.29) is 29.9 Å². The van der Waals surface area contributed by atoms with Gasteiger partial charge in [0.05, 0.1) is 21.1 Å². The smallest absolute Gasteiger partial charge is 0.224 e. The number of hydrogen-bond donors (Lipinski definition) is 1. The molecule has 218 valence electrons. The fourth-order valence-corrected chi connectivity index (χ4v) is 8.07. The third kappa shape index (κ3) is 8.98. The first kappa shape index (κ1) is 30.9. The monoisotopic (exact) mass is 583 g/mol. The van der Waals surface area contributed by atoms with Crippen molar-refractivity contribution in [2.45, 2.75) is 84.1 Å². The molecule has 1 saturated carbocycles. The number of carbonyl (C=O) groups is 3. The number of nitrogens with zero attached hydrogens (tertiary/aromatic N) is 2. The van der Waals surface area contributed by atoms with Crippen LogP contribution in [0.25, 0.3) is 10.2 Å². The molecule has 1 aromatic carbocycles. The van der Waals surface area contributed by atoms with Gasteiger partial charge in [-0.05, 0) is 56.2 Å². The molecule has 0 unspecified atom stereocenters. The summed E-state index contributed by atoms with van der Waals surface area (Å²) >= 11 is 3.57. The van der Waals surface area contributed by atoms with Crippen LogP contribution in [-0.4, -0.2) is 64.5 Å². The molecule has 2 atom stereocenters. The molecule has 2 aromatic rings. The molecule has 1 aliphatic heterocycles. The van der Waals surface area contributed by atoms with Crippen molar-refractivity contribution in [2.24, 2.45) is 11.8 Å². The molecule has 1 aromatic heterocycles. The zero-order valence-corrected chi connectivity index (χ0v) is 25.8. The number of fused-ring (bicyclic) bond motifs is 1. The van der Waals surface area contributed by atoms with Crippen molar-refractivity contribution in [3.8, 4) is 0 Å². The number of rotatable bonds is 14. The van der Waals surface area contributed by atoms with Crippen molar-refractivity contribution >= 4 is 50.8 Å². The second kappa shape index (κ2) is 15.3. The molecule has 1 N–H and O–H groups in total. The van der Waals surface area contributed by atoms with Crippen LogP contribution in [0.3, 0.4) is 0 Å². The van der Waals surface area contributed by atoms with E-state index >= 15 is 0 Å². The highest BCUT2D eigenvalue weighted by Gasteiger charge is 2.30. The Morgan fingerprint density at radius 1 is 1.15 bits per heavy atom. The molecule has 40 heavy (non-hydrogen) atoms. The SMILES string of the molecule is C=C(CN1CCSCC1)C(=O)CC[C@@H](NC(=O)[C@@H](CC(C)=O)Cc1nc2ccc(CC)cc2s1)C1CCCCC1. The number of Topliss-reactive ketones (excluding diaryl/α,β-unsaturated/α-hetero) is 2. The van der Waals surface area contributed by atoms with E-state index in [9.17, 15) is 14.4 Å². The fraction of sp³-hybridized carbons (Fsp3) is 0.625. The van der Waals surface area contributed by atoms with Gasteiger partial charge in [0, 0.05) is 62.0 Å².